The number of amides is 1. The summed E-state index contributed by atoms with van der Waals surface area (Å²) in [6.45, 7) is 4.93. The molecule has 0 aromatic heterocycles. The topological polar surface area (TPSA) is 82.6 Å². The van der Waals surface area contributed by atoms with Crippen LogP contribution in [0.25, 0.3) is 0 Å². The van der Waals surface area contributed by atoms with E-state index < -0.39 is 0 Å². The molecule has 0 saturated heterocycles. The molecule has 2 aromatic carbocycles. The first-order chi connectivity index (χ1) is 13.6. The first kappa shape index (κ1) is 22.2. The molecule has 0 heterocycles. The highest BCUT2D eigenvalue weighted by molar-refractivity contribution is 6.30. The van der Waals surface area contributed by atoms with Crippen molar-refractivity contribution in [2.24, 2.45) is 0 Å². The number of benzene rings is 2. The second-order valence-electron chi connectivity index (χ2n) is 6.46. The minimum Gasteiger partial charge on any atom is -0.483 e. The van der Waals surface area contributed by atoms with Crippen LogP contribution in [0.15, 0.2) is 42.5 Å². The Morgan fingerprint density at radius 2 is 1.82 bits per heavy atom. The molecule has 2 aromatic rings. The molecule has 6 nitrogen and oxygen atoms in total. The molecule has 152 valence electrons. The van der Waals surface area contributed by atoms with Crippen LogP contribution >= 0.6 is 11.6 Å². The van der Waals surface area contributed by atoms with E-state index in [0.717, 1.165) is 36.3 Å². The second kappa shape index (κ2) is 12.4. The highest BCUT2D eigenvalue weighted by Crippen LogP contribution is 2.23. The van der Waals surface area contributed by atoms with Crippen molar-refractivity contribution in [3.63, 3.8) is 0 Å². The van der Waals surface area contributed by atoms with Crippen molar-refractivity contribution >= 4 is 23.2 Å². The standard InChI is InChI=1S/C21H28ClN3O3/c1-16-3-6-19(7-4-16)25-21(27)15-28-20-8-5-18(22)13-17(20)14-24-10-2-9-23-11-12-26/h3-8,13,23-24,26H,2,9-12,14-15H2,1H3,(H,25,27). The number of hydrogen-bond acceptors (Lipinski definition) is 5. The molecule has 0 radical (unpaired) electrons. The molecule has 0 unspecified atom stereocenters. The van der Waals surface area contributed by atoms with Crippen molar-refractivity contribution in [1.29, 1.82) is 0 Å². The van der Waals surface area contributed by atoms with Crippen molar-refractivity contribution in [2.45, 2.75) is 19.9 Å². The van der Waals surface area contributed by atoms with Crippen LogP contribution in [0.5, 0.6) is 5.75 Å². The van der Waals surface area contributed by atoms with Gasteiger partial charge in [0.15, 0.2) is 6.61 Å². The highest BCUT2D eigenvalue weighted by atomic mass is 35.5. The molecule has 4 N–H and O–H groups in total. The third kappa shape index (κ3) is 8.27. The molecule has 0 bridgehead atoms. The molecule has 1 amide bonds. The summed E-state index contributed by atoms with van der Waals surface area (Å²) in [6, 6.07) is 13.0. The molecule has 0 saturated carbocycles. The quantitative estimate of drug-likeness (QED) is 0.408. The summed E-state index contributed by atoms with van der Waals surface area (Å²) in [5.74, 6) is 0.419. The van der Waals surface area contributed by atoms with Gasteiger partial charge in [-0.05, 0) is 56.8 Å². The van der Waals surface area contributed by atoms with E-state index >= 15 is 0 Å². The van der Waals surface area contributed by atoms with Gasteiger partial charge in [0.25, 0.3) is 5.91 Å². The van der Waals surface area contributed by atoms with Gasteiger partial charge in [-0.1, -0.05) is 29.3 Å². The van der Waals surface area contributed by atoms with Gasteiger partial charge in [0.1, 0.15) is 5.75 Å². The van der Waals surface area contributed by atoms with Crippen molar-refractivity contribution < 1.29 is 14.6 Å². The fraction of sp³-hybridized carbons (Fsp3) is 0.381. The maximum absolute atomic E-state index is 12.1. The van der Waals surface area contributed by atoms with Crippen molar-refractivity contribution in [3.05, 3.63) is 58.6 Å². The van der Waals surface area contributed by atoms with Crippen molar-refractivity contribution in [3.8, 4) is 5.75 Å². The molecule has 2 rings (SSSR count). The number of rotatable bonds is 12. The van der Waals surface area contributed by atoms with Crippen molar-refractivity contribution in [1.82, 2.24) is 10.6 Å². The number of ether oxygens (including phenoxy) is 1. The molecule has 0 aliphatic rings. The summed E-state index contributed by atoms with van der Waals surface area (Å²) in [7, 11) is 0. The first-order valence-corrected chi connectivity index (χ1v) is 9.76. The number of halogens is 1. The first-order valence-electron chi connectivity index (χ1n) is 9.38. The monoisotopic (exact) mass is 405 g/mol. The van der Waals surface area contributed by atoms with E-state index in [1.54, 1.807) is 12.1 Å². The van der Waals surface area contributed by atoms with E-state index in [9.17, 15) is 4.79 Å². The molecule has 0 aliphatic heterocycles. The van der Waals surface area contributed by atoms with E-state index in [1.807, 2.05) is 37.3 Å². The molecule has 0 atom stereocenters. The fourth-order valence-electron chi connectivity index (χ4n) is 2.57. The van der Waals surface area contributed by atoms with E-state index in [4.69, 9.17) is 21.4 Å². The predicted octanol–water partition coefficient (Wildman–Crippen LogP) is 2.73. The summed E-state index contributed by atoms with van der Waals surface area (Å²) in [5, 5.41) is 18.6. The van der Waals surface area contributed by atoms with Gasteiger partial charge in [-0.25, -0.2) is 0 Å². The van der Waals surface area contributed by atoms with Crippen LogP contribution < -0.4 is 20.7 Å². The Morgan fingerprint density at radius 1 is 1.07 bits per heavy atom. The van der Waals surface area contributed by atoms with Gasteiger partial charge in [0.05, 0.1) is 6.61 Å². The number of carbonyl (C=O) groups excluding carboxylic acids is 1. The van der Waals surface area contributed by atoms with E-state index in [2.05, 4.69) is 16.0 Å². The Kier molecular flexibility index (Phi) is 9.79. The number of nitrogens with one attached hydrogen (secondary N) is 3. The molecule has 28 heavy (non-hydrogen) atoms. The summed E-state index contributed by atoms with van der Waals surface area (Å²) >= 11 is 6.10. The van der Waals surface area contributed by atoms with Gasteiger partial charge in [-0.3, -0.25) is 4.79 Å². The third-order valence-corrected chi connectivity index (χ3v) is 4.26. The Morgan fingerprint density at radius 3 is 2.57 bits per heavy atom. The number of carbonyl (C=O) groups is 1. The highest BCUT2D eigenvalue weighted by Gasteiger charge is 2.08. The average molecular weight is 406 g/mol. The summed E-state index contributed by atoms with van der Waals surface area (Å²) in [5.41, 5.74) is 2.78. The lowest BCUT2D eigenvalue weighted by Gasteiger charge is -2.13. The number of hydrogen-bond donors (Lipinski definition) is 4. The maximum Gasteiger partial charge on any atom is 0.262 e. The normalized spacial score (nSPS) is 10.7. The molecule has 7 heteroatoms. The lowest BCUT2D eigenvalue weighted by molar-refractivity contribution is -0.118. The van der Waals surface area contributed by atoms with Crippen molar-refractivity contribution in [2.75, 3.05) is 38.2 Å². The third-order valence-electron chi connectivity index (χ3n) is 4.03. The van der Waals surface area contributed by atoms with Gasteiger partial charge in [0, 0.05) is 29.4 Å². The summed E-state index contributed by atoms with van der Waals surface area (Å²) in [4.78, 5) is 12.1. The van der Waals surface area contributed by atoms with E-state index in [1.165, 1.54) is 0 Å². The number of aryl methyl sites for hydroxylation is 1. The number of anilines is 1. The summed E-state index contributed by atoms with van der Waals surface area (Å²) in [6.07, 6.45) is 0.940. The number of aliphatic hydroxyl groups excluding tert-OH is 1. The minimum absolute atomic E-state index is 0.0758. The SMILES string of the molecule is Cc1ccc(NC(=O)COc2ccc(Cl)cc2CNCCCNCCO)cc1. The van der Waals surface area contributed by atoms with Crippen LogP contribution in [-0.4, -0.2) is 43.9 Å². The molecule has 0 spiro atoms. The van der Waals surface area contributed by atoms with Crippen LogP contribution in [0.3, 0.4) is 0 Å². The van der Waals surface area contributed by atoms with Gasteiger partial charge in [-0.15, -0.1) is 0 Å². The van der Waals surface area contributed by atoms with E-state index in [-0.39, 0.29) is 19.1 Å². The second-order valence-corrected chi connectivity index (χ2v) is 6.90. The minimum atomic E-state index is -0.215. The Balaban J connectivity index is 1.80. The summed E-state index contributed by atoms with van der Waals surface area (Å²) < 4.78 is 5.71. The van der Waals surface area contributed by atoms with Crippen LogP contribution in [0.2, 0.25) is 5.02 Å². The zero-order chi connectivity index (χ0) is 20.2. The zero-order valence-electron chi connectivity index (χ0n) is 16.1. The Hall–Kier alpha value is -2.12. The molecular weight excluding hydrogens is 378 g/mol. The largest absolute Gasteiger partial charge is 0.483 e. The number of aliphatic hydroxyl groups is 1. The molecule has 0 fully saturated rings. The van der Waals surface area contributed by atoms with Gasteiger partial charge < -0.3 is 25.8 Å². The fourth-order valence-corrected chi connectivity index (χ4v) is 2.76. The Labute approximate surface area is 171 Å². The molecule has 0 aliphatic carbocycles. The van der Waals surface area contributed by atoms with Gasteiger partial charge in [0.2, 0.25) is 0 Å². The Bertz CT molecular complexity index is 738. The van der Waals surface area contributed by atoms with Gasteiger partial charge in [-0.2, -0.15) is 0 Å². The lowest BCUT2D eigenvalue weighted by Crippen LogP contribution is -2.24. The lowest BCUT2D eigenvalue weighted by atomic mass is 10.2. The van der Waals surface area contributed by atoms with Crippen LogP contribution in [0.1, 0.15) is 17.5 Å². The predicted molar refractivity (Wildman–Crippen MR) is 113 cm³/mol. The maximum atomic E-state index is 12.1. The van der Waals surface area contributed by atoms with Gasteiger partial charge >= 0.3 is 0 Å². The zero-order valence-corrected chi connectivity index (χ0v) is 16.9. The average Bonchev–Trinajstić information content (AvgIpc) is 2.68. The van der Waals surface area contributed by atoms with E-state index in [0.29, 0.717) is 23.9 Å². The molecular formula is C21H28ClN3O3. The van der Waals surface area contributed by atoms with Crippen LogP contribution in [0, 0.1) is 6.92 Å². The smallest absolute Gasteiger partial charge is 0.262 e. The van der Waals surface area contributed by atoms with Crippen LogP contribution in [0.4, 0.5) is 5.69 Å². The van der Waals surface area contributed by atoms with Crippen LogP contribution in [-0.2, 0) is 11.3 Å².